The molecule has 2 rings (SSSR count). The molecule has 0 radical (unpaired) electrons. The van der Waals surface area contributed by atoms with Crippen molar-refractivity contribution in [1.29, 1.82) is 0 Å². The quantitative estimate of drug-likeness (QED) is 0.254. The Morgan fingerprint density at radius 3 is 2.60 bits per heavy atom. The summed E-state index contributed by atoms with van der Waals surface area (Å²) in [4.78, 5) is 21.7. The van der Waals surface area contributed by atoms with Gasteiger partial charge < -0.3 is 9.47 Å². The molecule has 0 spiro atoms. The maximum absolute atomic E-state index is 12.0. The molecule has 6 nitrogen and oxygen atoms in total. The van der Waals surface area contributed by atoms with Gasteiger partial charge in [-0.25, -0.2) is 4.79 Å². The van der Waals surface area contributed by atoms with Crippen LogP contribution >= 0.6 is 11.6 Å². The number of carbonyl (C=O) groups excluding carboxylic acids is 1. The van der Waals surface area contributed by atoms with Gasteiger partial charge in [0.1, 0.15) is 0 Å². The Hall–Kier alpha value is -3.12. The molecular formula is C18H14ClNO5. The zero-order chi connectivity index (χ0) is 18.2. The molecule has 2 aromatic rings. The van der Waals surface area contributed by atoms with Crippen LogP contribution in [0.2, 0.25) is 5.02 Å². The number of rotatable bonds is 6. The molecule has 0 fully saturated rings. The molecule has 2 aromatic carbocycles. The molecule has 0 saturated heterocycles. The van der Waals surface area contributed by atoms with Gasteiger partial charge in [0, 0.05) is 17.2 Å². The molecule has 128 valence electrons. The molecule has 0 atom stereocenters. The number of esters is 1. The maximum Gasteiger partial charge on any atom is 0.336 e. The van der Waals surface area contributed by atoms with Gasteiger partial charge in [-0.05, 0) is 35.4 Å². The molecule has 0 saturated carbocycles. The van der Waals surface area contributed by atoms with E-state index in [1.165, 1.54) is 31.4 Å². The van der Waals surface area contributed by atoms with Crippen LogP contribution in [0.5, 0.6) is 11.5 Å². The van der Waals surface area contributed by atoms with Crippen molar-refractivity contribution >= 4 is 29.7 Å². The van der Waals surface area contributed by atoms with Gasteiger partial charge in [-0.15, -0.1) is 0 Å². The third kappa shape index (κ3) is 5.47. The van der Waals surface area contributed by atoms with Crippen molar-refractivity contribution in [1.82, 2.24) is 0 Å². The highest BCUT2D eigenvalue weighted by Crippen LogP contribution is 2.29. The summed E-state index contributed by atoms with van der Waals surface area (Å²) in [6.45, 7) is 0. The summed E-state index contributed by atoms with van der Waals surface area (Å²) in [5.74, 6) is -0.119. The molecule has 0 bridgehead atoms. The van der Waals surface area contributed by atoms with Gasteiger partial charge in [-0.2, -0.15) is 0 Å². The topological polar surface area (TPSA) is 78.7 Å². The number of carbonyl (C=O) groups is 1. The minimum atomic E-state index is -0.605. The van der Waals surface area contributed by atoms with E-state index in [9.17, 15) is 14.9 Å². The second-order valence-corrected chi connectivity index (χ2v) is 5.19. The van der Waals surface area contributed by atoms with Crippen molar-refractivity contribution in [3.63, 3.8) is 0 Å². The normalized spacial score (nSPS) is 11.0. The number of methoxy groups -OCH3 is 1. The van der Waals surface area contributed by atoms with Crippen LogP contribution in [0, 0.1) is 10.1 Å². The molecule has 7 heteroatoms. The van der Waals surface area contributed by atoms with E-state index in [-0.39, 0.29) is 11.5 Å². The summed E-state index contributed by atoms with van der Waals surface area (Å²) < 4.78 is 10.4. The monoisotopic (exact) mass is 359 g/mol. The van der Waals surface area contributed by atoms with Crippen molar-refractivity contribution in [2.45, 2.75) is 0 Å². The Morgan fingerprint density at radius 1 is 1.16 bits per heavy atom. The molecule has 0 heterocycles. The fourth-order valence-corrected chi connectivity index (χ4v) is 2.13. The van der Waals surface area contributed by atoms with Crippen LogP contribution < -0.4 is 9.47 Å². The van der Waals surface area contributed by atoms with Crippen LogP contribution in [-0.2, 0) is 4.79 Å². The van der Waals surface area contributed by atoms with Gasteiger partial charge in [0.25, 0.3) is 0 Å². The minimum absolute atomic E-state index is 0.203. The molecule has 0 aliphatic heterocycles. The van der Waals surface area contributed by atoms with Crippen LogP contribution in [0.4, 0.5) is 0 Å². The SMILES string of the molecule is COc1cc(/C=C/[N+](=O)[O-])ccc1OC(=O)/C=C/c1ccccc1Cl. The van der Waals surface area contributed by atoms with E-state index >= 15 is 0 Å². The summed E-state index contributed by atoms with van der Waals surface area (Å²) in [5.41, 5.74) is 1.23. The van der Waals surface area contributed by atoms with Crippen LogP contribution in [-0.4, -0.2) is 18.0 Å². The second-order valence-electron chi connectivity index (χ2n) is 4.79. The first-order valence-corrected chi connectivity index (χ1v) is 7.51. The number of nitrogens with zero attached hydrogens (tertiary/aromatic N) is 1. The van der Waals surface area contributed by atoms with E-state index < -0.39 is 10.9 Å². The number of ether oxygens (including phenoxy) is 2. The van der Waals surface area contributed by atoms with Crippen molar-refractivity contribution in [3.8, 4) is 11.5 Å². The average molecular weight is 360 g/mol. The highest BCUT2D eigenvalue weighted by molar-refractivity contribution is 6.32. The Balaban J connectivity index is 2.12. The van der Waals surface area contributed by atoms with Crippen LogP contribution in [0.15, 0.2) is 54.7 Å². The van der Waals surface area contributed by atoms with Crippen molar-refractivity contribution < 1.29 is 19.2 Å². The van der Waals surface area contributed by atoms with E-state index in [1.807, 2.05) is 0 Å². The third-order valence-electron chi connectivity index (χ3n) is 3.09. The number of nitro groups is 1. The summed E-state index contributed by atoms with van der Waals surface area (Å²) in [6.07, 6.45) is 4.92. The lowest BCUT2D eigenvalue weighted by Gasteiger charge is -2.08. The smallest absolute Gasteiger partial charge is 0.336 e. The zero-order valence-electron chi connectivity index (χ0n) is 13.2. The van der Waals surface area contributed by atoms with E-state index in [0.717, 1.165) is 6.20 Å². The highest BCUT2D eigenvalue weighted by atomic mass is 35.5. The van der Waals surface area contributed by atoms with Gasteiger partial charge in [0.15, 0.2) is 11.5 Å². The molecule has 0 unspecified atom stereocenters. The lowest BCUT2D eigenvalue weighted by molar-refractivity contribution is -0.400. The van der Waals surface area contributed by atoms with Gasteiger partial charge in [-0.1, -0.05) is 35.9 Å². The lowest BCUT2D eigenvalue weighted by atomic mass is 10.2. The van der Waals surface area contributed by atoms with E-state index in [1.54, 1.807) is 36.4 Å². The zero-order valence-corrected chi connectivity index (χ0v) is 14.0. The van der Waals surface area contributed by atoms with Crippen molar-refractivity contribution in [3.05, 3.63) is 81.0 Å². The molecule has 0 aliphatic rings. The van der Waals surface area contributed by atoms with E-state index in [0.29, 0.717) is 16.1 Å². The second kappa shape index (κ2) is 8.65. The fourth-order valence-electron chi connectivity index (χ4n) is 1.93. The lowest BCUT2D eigenvalue weighted by Crippen LogP contribution is -2.05. The fraction of sp³-hybridized carbons (Fsp3) is 0.0556. The van der Waals surface area contributed by atoms with Crippen LogP contribution in [0.25, 0.3) is 12.2 Å². The minimum Gasteiger partial charge on any atom is -0.493 e. The Morgan fingerprint density at radius 2 is 1.92 bits per heavy atom. The summed E-state index contributed by atoms with van der Waals surface area (Å²) >= 11 is 6.01. The molecule has 0 N–H and O–H groups in total. The van der Waals surface area contributed by atoms with Crippen LogP contribution in [0.3, 0.4) is 0 Å². The number of hydrogen-bond acceptors (Lipinski definition) is 5. The molecular weight excluding hydrogens is 346 g/mol. The molecule has 25 heavy (non-hydrogen) atoms. The number of halogens is 1. The Bertz CT molecular complexity index is 845. The first-order chi connectivity index (χ1) is 12.0. The summed E-state index contributed by atoms with van der Waals surface area (Å²) in [7, 11) is 1.41. The summed E-state index contributed by atoms with van der Waals surface area (Å²) in [5, 5.41) is 10.9. The van der Waals surface area contributed by atoms with E-state index in [4.69, 9.17) is 21.1 Å². The van der Waals surface area contributed by atoms with E-state index in [2.05, 4.69) is 0 Å². The Kier molecular flexibility index (Phi) is 6.31. The van der Waals surface area contributed by atoms with Crippen molar-refractivity contribution in [2.75, 3.05) is 7.11 Å². The van der Waals surface area contributed by atoms with Gasteiger partial charge in [0.2, 0.25) is 6.20 Å². The van der Waals surface area contributed by atoms with Crippen LogP contribution in [0.1, 0.15) is 11.1 Å². The van der Waals surface area contributed by atoms with Crippen molar-refractivity contribution in [2.24, 2.45) is 0 Å². The first-order valence-electron chi connectivity index (χ1n) is 7.14. The third-order valence-corrected chi connectivity index (χ3v) is 3.44. The predicted molar refractivity (Wildman–Crippen MR) is 95.1 cm³/mol. The number of hydrogen-bond donors (Lipinski definition) is 0. The standard InChI is InChI=1S/C18H14ClNO5/c1-24-17-12-13(10-11-20(22)23)6-8-16(17)25-18(21)9-7-14-4-2-3-5-15(14)19/h2-12H,1H3/b9-7+,11-10+. The molecule has 0 aliphatic carbocycles. The van der Waals surface area contributed by atoms with Gasteiger partial charge >= 0.3 is 5.97 Å². The largest absolute Gasteiger partial charge is 0.493 e. The Labute approximate surface area is 149 Å². The maximum atomic E-state index is 12.0. The van der Waals surface area contributed by atoms with Gasteiger partial charge in [-0.3, -0.25) is 10.1 Å². The summed E-state index contributed by atoms with van der Waals surface area (Å²) in [6, 6.07) is 11.7. The molecule has 0 aromatic heterocycles. The highest BCUT2D eigenvalue weighted by Gasteiger charge is 2.09. The van der Waals surface area contributed by atoms with Gasteiger partial charge in [0.05, 0.1) is 12.0 Å². The first kappa shape index (κ1) is 18.2. The predicted octanol–water partition coefficient (Wildman–Crippen LogP) is 4.21. The molecule has 0 amide bonds. The average Bonchev–Trinajstić information content (AvgIpc) is 2.60. The number of benzene rings is 2.